The van der Waals surface area contributed by atoms with Gasteiger partial charge in [0.05, 0.1) is 5.92 Å². The number of aliphatic hydroxyl groups excluding tert-OH is 1. The van der Waals surface area contributed by atoms with Gasteiger partial charge in [-0.25, -0.2) is 0 Å². The van der Waals surface area contributed by atoms with Gasteiger partial charge in [-0.1, -0.05) is 30.3 Å². The highest BCUT2D eigenvalue weighted by atomic mass is 19.4. The molecule has 0 saturated carbocycles. The van der Waals surface area contributed by atoms with E-state index in [0.29, 0.717) is 0 Å². The van der Waals surface area contributed by atoms with Gasteiger partial charge in [0.15, 0.2) is 0 Å². The molecule has 0 aromatic heterocycles. The zero-order valence-electron chi connectivity index (χ0n) is 10.7. The molecule has 1 N–H and O–H groups in total. The van der Waals surface area contributed by atoms with E-state index in [2.05, 4.69) is 0 Å². The van der Waals surface area contributed by atoms with Gasteiger partial charge >= 0.3 is 18.0 Å². The number of rotatable bonds is 6. The minimum atomic E-state index is -6.36. The Morgan fingerprint density at radius 1 is 0.905 bits per heavy atom. The number of benzene rings is 1. The molecule has 0 amide bonds. The maximum Gasteiger partial charge on any atom is 0.459 e. The average Bonchev–Trinajstić information content (AvgIpc) is 2.38. The van der Waals surface area contributed by atoms with E-state index in [1.807, 2.05) is 0 Å². The Kier molecular flexibility index (Phi) is 5.25. The topological polar surface area (TPSA) is 20.2 Å². The summed E-state index contributed by atoms with van der Waals surface area (Å²) in [7, 11) is 0. The lowest BCUT2D eigenvalue weighted by atomic mass is 9.85. The molecule has 0 aliphatic heterocycles. The molecule has 0 aliphatic rings. The molecule has 120 valence electrons. The number of aliphatic hydroxyl groups is 1. The van der Waals surface area contributed by atoms with Gasteiger partial charge < -0.3 is 5.11 Å². The van der Waals surface area contributed by atoms with Gasteiger partial charge in [-0.2, -0.15) is 30.7 Å². The zero-order chi connectivity index (χ0) is 16.3. The van der Waals surface area contributed by atoms with Gasteiger partial charge in [-0.15, -0.1) is 0 Å². The van der Waals surface area contributed by atoms with Crippen LogP contribution in [0.25, 0.3) is 0 Å². The predicted molar refractivity (Wildman–Crippen MR) is 61.5 cm³/mol. The highest BCUT2D eigenvalue weighted by Gasteiger charge is 2.75. The summed E-state index contributed by atoms with van der Waals surface area (Å²) in [4.78, 5) is 0. The van der Waals surface area contributed by atoms with Crippen LogP contribution >= 0.6 is 0 Å². The SMILES string of the molecule is OCCCC(c1ccccc1)C(F)(F)C(F)(F)C(F)(F)F. The van der Waals surface area contributed by atoms with Crippen LogP contribution in [-0.2, 0) is 0 Å². The summed E-state index contributed by atoms with van der Waals surface area (Å²) >= 11 is 0. The zero-order valence-corrected chi connectivity index (χ0v) is 10.7. The molecular formula is C13H13F7O. The van der Waals surface area contributed by atoms with Crippen LogP contribution in [0.2, 0.25) is 0 Å². The first-order valence-corrected chi connectivity index (χ1v) is 6.04. The molecule has 0 heterocycles. The van der Waals surface area contributed by atoms with Crippen molar-refractivity contribution in [2.45, 2.75) is 36.8 Å². The number of halogens is 7. The second-order valence-electron chi connectivity index (χ2n) is 4.52. The number of alkyl halides is 7. The third kappa shape index (κ3) is 3.48. The van der Waals surface area contributed by atoms with Crippen LogP contribution in [0.3, 0.4) is 0 Å². The second kappa shape index (κ2) is 6.21. The molecule has 0 saturated heterocycles. The molecule has 1 aromatic carbocycles. The summed E-state index contributed by atoms with van der Waals surface area (Å²) < 4.78 is 90.7. The Labute approximate surface area is 116 Å². The normalized spacial score (nSPS) is 15.0. The van der Waals surface area contributed by atoms with Crippen LogP contribution in [-0.4, -0.2) is 29.7 Å². The summed E-state index contributed by atoms with van der Waals surface area (Å²) in [5.41, 5.74) is -0.333. The van der Waals surface area contributed by atoms with E-state index >= 15 is 0 Å². The minimum Gasteiger partial charge on any atom is -0.396 e. The fourth-order valence-electron chi connectivity index (χ4n) is 1.95. The van der Waals surface area contributed by atoms with Crippen molar-refractivity contribution in [1.29, 1.82) is 0 Å². The molecule has 1 nitrogen and oxygen atoms in total. The first-order chi connectivity index (χ1) is 9.55. The van der Waals surface area contributed by atoms with Gasteiger partial charge in [-0.3, -0.25) is 0 Å². The van der Waals surface area contributed by atoms with Gasteiger partial charge in [0.25, 0.3) is 0 Å². The van der Waals surface area contributed by atoms with Gasteiger partial charge in [0, 0.05) is 6.61 Å². The van der Waals surface area contributed by atoms with Crippen LogP contribution in [0.15, 0.2) is 30.3 Å². The van der Waals surface area contributed by atoms with Gasteiger partial charge in [0.2, 0.25) is 0 Å². The standard InChI is InChI=1S/C13H13F7O/c14-11(15,12(16,17)13(18,19)20)10(7-4-8-21)9-5-2-1-3-6-9/h1-3,5-6,10,21H,4,7-8H2. The molecule has 1 aromatic rings. The summed E-state index contributed by atoms with van der Waals surface area (Å²) in [5.74, 6) is -13.8. The molecule has 1 unspecified atom stereocenters. The van der Waals surface area contributed by atoms with Crippen LogP contribution < -0.4 is 0 Å². The molecule has 1 atom stereocenters. The van der Waals surface area contributed by atoms with Crippen molar-refractivity contribution in [3.8, 4) is 0 Å². The lowest BCUT2D eigenvalue weighted by Gasteiger charge is -2.34. The van der Waals surface area contributed by atoms with E-state index in [1.165, 1.54) is 18.2 Å². The lowest BCUT2D eigenvalue weighted by molar-refractivity contribution is -0.359. The van der Waals surface area contributed by atoms with E-state index in [4.69, 9.17) is 5.11 Å². The van der Waals surface area contributed by atoms with Gasteiger partial charge in [0.1, 0.15) is 0 Å². The molecule has 0 fully saturated rings. The van der Waals surface area contributed by atoms with Crippen LogP contribution in [0.1, 0.15) is 24.3 Å². The third-order valence-electron chi connectivity index (χ3n) is 3.07. The molecule has 0 spiro atoms. The van der Waals surface area contributed by atoms with Crippen molar-refractivity contribution in [3.05, 3.63) is 35.9 Å². The molecule has 1 rings (SSSR count). The second-order valence-corrected chi connectivity index (χ2v) is 4.52. The quantitative estimate of drug-likeness (QED) is 0.772. The highest BCUT2D eigenvalue weighted by molar-refractivity contribution is 5.23. The van der Waals surface area contributed by atoms with E-state index in [1.54, 1.807) is 0 Å². The first kappa shape index (κ1) is 17.7. The smallest absolute Gasteiger partial charge is 0.396 e. The van der Waals surface area contributed by atoms with Crippen LogP contribution in [0.4, 0.5) is 30.7 Å². The van der Waals surface area contributed by atoms with Crippen molar-refractivity contribution in [1.82, 2.24) is 0 Å². The van der Waals surface area contributed by atoms with E-state index < -0.39 is 37.0 Å². The predicted octanol–water partition coefficient (Wildman–Crippen LogP) is 4.38. The lowest BCUT2D eigenvalue weighted by Crippen LogP contribution is -2.54. The molecule has 21 heavy (non-hydrogen) atoms. The maximum atomic E-state index is 13.8. The van der Waals surface area contributed by atoms with E-state index in [0.717, 1.165) is 12.1 Å². The summed E-state index contributed by atoms with van der Waals surface area (Å²) in [5, 5.41) is 8.64. The average molecular weight is 318 g/mol. The fraction of sp³-hybridized carbons (Fsp3) is 0.538. The largest absolute Gasteiger partial charge is 0.459 e. The van der Waals surface area contributed by atoms with E-state index in [9.17, 15) is 30.7 Å². The molecule has 0 radical (unpaired) electrons. The van der Waals surface area contributed by atoms with Crippen molar-refractivity contribution in [2.75, 3.05) is 6.61 Å². The third-order valence-corrected chi connectivity index (χ3v) is 3.07. The Bertz CT molecular complexity index is 442. The number of hydrogen-bond acceptors (Lipinski definition) is 1. The Morgan fingerprint density at radius 2 is 1.43 bits per heavy atom. The molecule has 0 bridgehead atoms. The first-order valence-electron chi connectivity index (χ1n) is 6.04. The maximum absolute atomic E-state index is 13.8. The van der Waals surface area contributed by atoms with Crippen LogP contribution in [0, 0.1) is 0 Å². The molecule has 0 aliphatic carbocycles. The number of hydrogen-bond donors (Lipinski definition) is 1. The summed E-state index contributed by atoms with van der Waals surface area (Å²) in [6.45, 7) is -0.586. The van der Waals surface area contributed by atoms with Crippen molar-refractivity contribution in [3.63, 3.8) is 0 Å². The van der Waals surface area contributed by atoms with Crippen molar-refractivity contribution >= 4 is 0 Å². The highest BCUT2D eigenvalue weighted by Crippen LogP contribution is 2.53. The summed E-state index contributed by atoms with van der Waals surface area (Å²) in [6, 6.07) is 6.07. The Hall–Kier alpha value is -1.31. The Morgan fingerprint density at radius 3 is 1.86 bits per heavy atom. The van der Waals surface area contributed by atoms with Crippen molar-refractivity contribution in [2.24, 2.45) is 0 Å². The monoisotopic (exact) mass is 318 g/mol. The molecule has 8 heteroatoms. The molecular weight excluding hydrogens is 305 g/mol. The fourth-order valence-corrected chi connectivity index (χ4v) is 1.95. The Balaban J connectivity index is 3.24. The van der Waals surface area contributed by atoms with Gasteiger partial charge in [-0.05, 0) is 18.4 Å². The minimum absolute atomic E-state index is 0.316. The van der Waals surface area contributed by atoms with E-state index in [-0.39, 0.29) is 12.0 Å². The van der Waals surface area contributed by atoms with Crippen LogP contribution in [0.5, 0.6) is 0 Å². The van der Waals surface area contributed by atoms with Crippen molar-refractivity contribution < 1.29 is 35.8 Å². The summed E-state index contributed by atoms with van der Waals surface area (Å²) in [6.07, 6.45) is -7.37.